The van der Waals surface area contributed by atoms with Crippen LogP contribution in [-0.4, -0.2) is 24.0 Å². The molecule has 0 saturated heterocycles. The third kappa shape index (κ3) is 4.24. The molecule has 6 nitrogen and oxygen atoms in total. The standard InChI is InChI=1S/C19H14N2O4/c22-16-12-18(25-17-8-2-1-7-15(16)17)19(23)21-10-3-4-11-24-14-6-5-9-20-13-14/h1-2,5-9,12-13H,10-11H2,(H,21,23). The molecule has 124 valence electrons. The number of carbonyl (C=O) groups is 1. The summed E-state index contributed by atoms with van der Waals surface area (Å²) in [6, 6.07) is 11.5. The fraction of sp³-hybridized carbons (Fsp3) is 0.105. The molecule has 1 N–H and O–H groups in total. The van der Waals surface area contributed by atoms with Gasteiger partial charge in [-0.15, -0.1) is 0 Å². The number of benzene rings is 1. The Morgan fingerprint density at radius 1 is 1.20 bits per heavy atom. The molecule has 0 unspecified atom stereocenters. The Morgan fingerprint density at radius 2 is 2.08 bits per heavy atom. The number of hydrogen-bond donors (Lipinski definition) is 1. The molecular formula is C19H14N2O4. The van der Waals surface area contributed by atoms with Crippen molar-refractivity contribution in [1.82, 2.24) is 10.3 Å². The Hall–Kier alpha value is -3.59. The monoisotopic (exact) mass is 334 g/mol. The summed E-state index contributed by atoms with van der Waals surface area (Å²) in [5.41, 5.74) is 0.110. The molecule has 6 heteroatoms. The summed E-state index contributed by atoms with van der Waals surface area (Å²) >= 11 is 0. The maximum atomic E-state index is 12.0. The van der Waals surface area contributed by atoms with Gasteiger partial charge in [-0.1, -0.05) is 24.0 Å². The topological polar surface area (TPSA) is 81.4 Å². The SMILES string of the molecule is O=C(NCC#CCOc1cccnc1)c1cc(=O)c2ccccc2o1. The normalized spacial score (nSPS) is 9.92. The lowest BCUT2D eigenvalue weighted by atomic mass is 10.2. The van der Waals surface area contributed by atoms with Gasteiger partial charge < -0.3 is 14.5 Å². The molecule has 0 radical (unpaired) electrons. The minimum atomic E-state index is -0.495. The van der Waals surface area contributed by atoms with E-state index in [1.807, 2.05) is 0 Å². The Labute approximate surface area is 143 Å². The van der Waals surface area contributed by atoms with E-state index in [1.54, 1.807) is 48.8 Å². The highest BCUT2D eigenvalue weighted by molar-refractivity contribution is 5.93. The maximum absolute atomic E-state index is 12.0. The fourth-order valence-corrected chi connectivity index (χ4v) is 2.09. The van der Waals surface area contributed by atoms with Gasteiger partial charge in [0.15, 0.2) is 11.2 Å². The Kier molecular flexibility index (Phi) is 5.07. The summed E-state index contributed by atoms with van der Waals surface area (Å²) < 4.78 is 10.8. The lowest BCUT2D eigenvalue weighted by Gasteiger charge is -2.02. The van der Waals surface area contributed by atoms with Crippen LogP contribution in [0, 0.1) is 11.8 Å². The van der Waals surface area contributed by atoms with Gasteiger partial charge in [-0.05, 0) is 24.3 Å². The van der Waals surface area contributed by atoms with E-state index in [0.29, 0.717) is 16.7 Å². The number of para-hydroxylation sites is 1. The maximum Gasteiger partial charge on any atom is 0.287 e. The molecule has 0 saturated carbocycles. The molecule has 0 spiro atoms. The van der Waals surface area contributed by atoms with E-state index in [1.165, 1.54) is 6.07 Å². The molecule has 3 rings (SSSR count). The molecule has 0 aliphatic carbocycles. The third-order valence-electron chi connectivity index (χ3n) is 3.27. The minimum absolute atomic E-state index is 0.0443. The molecule has 1 amide bonds. The largest absolute Gasteiger partial charge is 0.479 e. The van der Waals surface area contributed by atoms with Crippen molar-refractivity contribution < 1.29 is 13.9 Å². The van der Waals surface area contributed by atoms with Crippen LogP contribution in [0.5, 0.6) is 5.75 Å². The van der Waals surface area contributed by atoms with Crippen LogP contribution in [0.15, 0.2) is 64.1 Å². The highest BCUT2D eigenvalue weighted by Gasteiger charge is 2.10. The first-order valence-corrected chi connectivity index (χ1v) is 7.54. The molecule has 2 heterocycles. The van der Waals surface area contributed by atoms with Crippen molar-refractivity contribution in [3.05, 3.63) is 70.8 Å². The van der Waals surface area contributed by atoms with Gasteiger partial charge >= 0.3 is 0 Å². The molecule has 3 aromatic rings. The fourth-order valence-electron chi connectivity index (χ4n) is 2.09. The minimum Gasteiger partial charge on any atom is -0.479 e. The van der Waals surface area contributed by atoms with Crippen molar-refractivity contribution in [1.29, 1.82) is 0 Å². The molecule has 1 aromatic carbocycles. The van der Waals surface area contributed by atoms with Crippen molar-refractivity contribution >= 4 is 16.9 Å². The number of amides is 1. The van der Waals surface area contributed by atoms with Crippen LogP contribution in [0.25, 0.3) is 11.0 Å². The number of hydrogen-bond acceptors (Lipinski definition) is 5. The number of carbonyl (C=O) groups excluding carboxylic acids is 1. The highest BCUT2D eigenvalue weighted by Crippen LogP contribution is 2.11. The first-order chi connectivity index (χ1) is 12.2. The molecule has 0 fully saturated rings. The molecule has 0 bridgehead atoms. The van der Waals surface area contributed by atoms with Crippen LogP contribution < -0.4 is 15.5 Å². The van der Waals surface area contributed by atoms with Crippen molar-refractivity contribution in [2.45, 2.75) is 0 Å². The van der Waals surface area contributed by atoms with Crippen LogP contribution in [0.4, 0.5) is 0 Å². The van der Waals surface area contributed by atoms with Crippen LogP contribution in [0.1, 0.15) is 10.6 Å². The first kappa shape index (κ1) is 16.3. The summed E-state index contributed by atoms with van der Waals surface area (Å²) in [4.78, 5) is 27.9. The van der Waals surface area contributed by atoms with Gasteiger partial charge in [0.05, 0.1) is 18.1 Å². The van der Waals surface area contributed by atoms with Gasteiger partial charge in [0.2, 0.25) is 0 Å². The number of ether oxygens (including phenoxy) is 1. The highest BCUT2D eigenvalue weighted by atomic mass is 16.5. The number of aromatic nitrogens is 1. The molecular weight excluding hydrogens is 320 g/mol. The molecule has 0 aliphatic heterocycles. The van der Waals surface area contributed by atoms with Crippen molar-refractivity contribution in [3.8, 4) is 17.6 Å². The number of fused-ring (bicyclic) bond motifs is 1. The lowest BCUT2D eigenvalue weighted by Crippen LogP contribution is -2.24. The quantitative estimate of drug-likeness (QED) is 0.738. The van der Waals surface area contributed by atoms with Crippen molar-refractivity contribution in [3.63, 3.8) is 0 Å². The average molecular weight is 334 g/mol. The summed E-state index contributed by atoms with van der Waals surface area (Å²) in [5, 5.41) is 3.01. The van der Waals surface area contributed by atoms with Gasteiger partial charge in [0.1, 0.15) is 17.9 Å². The Balaban J connectivity index is 1.55. The Bertz CT molecular complexity index is 1000. The van der Waals surface area contributed by atoms with Crippen LogP contribution >= 0.6 is 0 Å². The number of nitrogens with one attached hydrogen (secondary N) is 1. The zero-order valence-corrected chi connectivity index (χ0v) is 13.2. The predicted molar refractivity (Wildman–Crippen MR) is 92.3 cm³/mol. The summed E-state index contributed by atoms with van der Waals surface area (Å²) in [6.45, 7) is 0.304. The van der Waals surface area contributed by atoms with Gasteiger partial charge in [0.25, 0.3) is 5.91 Å². The molecule has 25 heavy (non-hydrogen) atoms. The number of pyridine rings is 1. The number of rotatable bonds is 4. The van der Waals surface area contributed by atoms with Crippen LogP contribution in [0.3, 0.4) is 0 Å². The van der Waals surface area contributed by atoms with E-state index in [0.717, 1.165) is 0 Å². The summed E-state index contributed by atoms with van der Waals surface area (Å²) in [6.07, 6.45) is 3.24. The van der Waals surface area contributed by atoms with Crippen LogP contribution in [-0.2, 0) is 0 Å². The lowest BCUT2D eigenvalue weighted by molar-refractivity contribution is 0.0931. The summed E-state index contributed by atoms with van der Waals surface area (Å²) in [7, 11) is 0. The van der Waals surface area contributed by atoms with Gasteiger partial charge in [-0.2, -0.15) is 0 Å². The second kappa shape index (κ2) is 7.79. The van der Waals surface area contributed by atoms with E-state index in [9.17, 15) is 9.59 Å². The predicted octanol–water partition coefficient (Wildman–Crippen LogP) is 2.00. The van der Waals surface area contributed by atoms with E-state index < -0.39 is 5.91 Å². The number of nitrogens with zero attached hydrogens (tertiary/aromatic N) is 1. The van der Waals surface area contributed by atoms with Crippen molar-refractivity contribution in [2.24, 2.45) is 0 Å². The zero-order chi connectivity index (χ0) is 17.5. The summed E-state index contributed by atoms with van der Waals surface area (Å²) in [5.74, 6) is 5.62. The van der Waals surface area contributed by atoms with E-state index >= 15 is 0 Å². The van der Waals surface area contributed by atoms with Crippen molar-refractivity contribution in [2.75, 3.05) is 13.2 Å². The van der Waals surface area contributed by atoms with Crippen LogP contribution in [0.2, 0.25) is 0 Å². The smallest absolute Gasteiger partial charge is 0.287 e. The van der Waals surface area contributed by atoms with E-state index in [2.05, 4.69) is 22.1 Å². The van der Waals surface area contributed by atoms with Gasteiger partial charge in [0, 0.05) is 12.3 Å². The third-order valence-corrected chi connectivity index (χ3v) is 3.27. The second-order valence-electron chi connectivity index (χ2n) is 4.98. The zero-order valence-electron chi connectivity index (χ0n) is 13.2. The molecule has 2 aromatic heterocycles. The average Bonchev–Trinajstić information content (AvgIpc) is 2.65. The Morgan fingerprint density at radius 3 is 2.92 bits per heavy atom. The van der Waals surface area contributed by atoms with E-state index in [4.69, 9.17) is 9.15 Å². The molecule has 0 atom stereocenters. The van der Waals surface area contributed by atoms with Gasteiger partial charge in [-0.3, -0.25) is 14.6 Å². The molecule has 0 aliphatic rings. The second-order valence-corrected chi connectivity index (χ2v) is 4.98. The van der Waals surface area contributed by atoms with E-state index in [-0.39, 0.29) is 24.3 Å². The first-order valence-electron chi connectivity index (χ1n) is 7.54. The van der Waals surface area contributed by atoms with Gasteiger partial charge in [-0.25, -0.2) is 0 Å².